The van der Waals surface area contributed by atoms with E-state index in [1.54, 1.807) is 26.0 Å². The third-order valence-corrected chi connectivity index (χ3v) is 4.21. The highest BCUT2D eigenvalue weighted by molar-refractivity contribution is 6.30. The first kappa shape index (κ1) is 17.2. The highest BCUT2D eigenvalue weighted by Crippen LogP contribution is 2.42. The zero-order chi connectivity index (χ0) is 17.5. The Morgan fingerprint density at radius 2 is 2.04 bits per heavy atom. The Balaban J connectivity index is 1.67. The van der Waals surface area contributed by atoms with Gasteiger partial charge in [-0.3, -0.25) is 0 Å². The summed E-state index contributed by atoms with van der Waals surface area (Å²) >= 11 is 5.78. The van der Waals surface area contributed by atoms with E-state index in [0.717, 1.165) is 0 Å². The minimum absolute atomic E-state index is 0.234. The van der Waals surface area contributed by atoms with Crippen molar-refractivity contribution in [2.75, 3.05) is 6.61 Å². The minimum atomic E-state index is -1.75. The smallest absolute Gasteiger partial charge is 0.338 e. The fraction of sp³-hybridized carbons (Fsp3) is 0.471. The lowest BCUT2D eigenvalue weighted by molar-refractivity contribution is -0.225. The third-order valence-electron chi connectivity index (χ3n) is 3.96. The van der Waals surface area contributed by atoms with Crippen molar-refractivity contribution in [3.63, 3.8) is 0 Å². The highest BCUT2D eigenvalue weighted by atomic mass is 35.5. The van der Waals surface area contributed by atoms with Gasteiger partial charge in [0.05, 0.1) is 5.56 Å². The van der Waals surface area contributed by atoms with E-state index in [9.17, 15) is 9.90 Å². The summed E-state index contributed by atoms with van der Waals surface area (Å²) in [5.74, 6) is 0.801. The van der Waals surface area contributed by atoms with Crippen molar-refractivity contribution in [1.82, 2.24) is 0 Å². The Morgan fingerprint density at radius 1 is 1.38 bits per heavy atom. The number of ether oxygens (including phenoxy) is 4. The van der Waals surface area contributed by atoms with Crippen LogP contribution in [0.3, 0.4) is 0 Å². The number of halogens is 1. The first-order chi connectivity index (χ1) is 11.2. The summed E-state index contributed by atoms with van der Waals surface area (Å²) in [6, 6.07) is 6.24. The fourth-order valence-electron chi connectivity index (χ4n) is 2.74. The van der Waals surface area contributed by atoms with Gasteiger partial charge in [0, 0.05) is 5.02 Å². The van der Waals surface area contributed by atoms with Gasteiger partial charge < -0.3 is 24.1 Å². The number of terminal acetylenes is 1. The van der Waals surface area contributed by atoms with Gasteiger partial charge in [0.25, 0.3) is 0 Å². The number of esters is 1. The number of hydrogen-bond acceptors (Lipinski definition) is 6. The number of aliphatic hydroxyl groups is 1. The van der Waals surface area contributed by atoms with Gasteiger partial charge in [0.15, 0.2) is 23.8 Å². The van der Waals surface area contributed by atoms with Gasteiger partial charge in [-0.1, -0.05) is 17.5 Å². The van der Waals surface area contributed by atoms with Crippen LogP contribution in [0.15, 0.2) is 24.3 Å². The summed E-state index contributed by atoms with van der Waals surface area (Å²) in [6.45, 7) is 3.16. The van der Waals surface area contributed by atoms with Crippen LogP contribution >= 0.6 is 11.6 Å². The van der Waals surface area contributed by atoms with Crippen molar-refractivity contribution in [2.24, 2.45) is 0 Å². The molecule has 2 heterocycles. The number of carbonyl (C=O) groups excluding carboxylic acids is 1. The first-order valence-electron chi connectivity index (χ1n) is 7.39. The molecule has 2 fully saturated rings. The molecule has 2 aliphatic rings. The second kappa shape index (κ2) is 6.03. The molecule has 0 unspecified atom stereocenters. The molecule has 0 amide bonds. The molecular formula is C17H17ClO6. The van der Waals surface area contributed by atoms with Gasteiger partial charge in [-0.2, -0.15) is 0 Å². The monoisotopic (exact) mass is 352 g/mol. The Hall–Kier alpha value is -1.62. The Bertz CT molecular complexity index is 679. The summed E-state index contributed by atoms with van der Waals surface area (Å²) < 4.78 is 22.0. The van der Waals surface area contributed by atoms with Crippen molar-refractivity contribution in [3.8, 4) is 12.3 Å². The predicted molar refractivity (Wildman–Crippen MR) is 84.2 cm³/mol. The second-order valence-corrected chi connectivity index (χ2v) is 6.56. The molecule has 4 atom stereocenters. The van der Waals surface area contributed by atoms with Crippen molar-refractivity contribution < 1.29 is 28.8 Å². The van der Waals surface area contributed by atoms with Crippen molar-refractivity contribution in [2.45, 2.75) is 43.7 Å². The molecular weight excluding hydrogens is 336 g/mol. The predicted octanol–water partition coefficient (Wildman–Crippen LogP) is 1.74. The Kier molecular flexibility index (Phi) is 4.32. The molecule has 0 spiro atoms. The van der Waals surface area contributed by atoms with Crippen LogP contribution in [0.1, 0.15) is 24.2 Å². The van der Waals surface area contributed by atoms with Crippen LogP contribution in [0, 0.1) is 12.3 Å². The molecule has 24 heavy (non-hydrogen) atoms. The van der Waals surface area contributed by atoms with Gasteiger partial charge in [0.2, 0.25) is 0 Å². The number of fused-ring (bicyclic) bond motifs is 1. The molecule has 0 aliphatic carbocycles. The quantitative estimate of drug-likeness (QED) is 0.659. The summed E-state index contributed by atoms with van der Waals surface area (Å²) in [7, 11) is 0. The second-order valence-electron chi connectivity index (χ2n) is 6.12. The van der Waals surface area contributed by atoms with Crippen molar-refractivity contribution in [1.29, 1.82) is 0 Å². The lowest BCUT2D eigenvalue weighted by atomic mass is 9.94. The van der Waals surface area contributed by atoms with E-state index in [1.807, 2.05) is 0 Å². The van der Waals surface area contributed by atoms with E-state index < -0.39 is 35.9 Å². The number of benzene rings is 1. The van der Waals surface area contributed by atoms with E-state index in [-0.39, 0.29) is 6.61 Å². The SMILES string of the molecule is C#C[C@]1(O)[C@H](COC(=O)c2ccc(Cl)cc2)O[C@H]2OC(C)(C)O[C@@H]21. The van der Waals surface area contributed by atoms with Crippen molar-refractivity contribution >= 4 is 17.6 Å². The maximum Gasteiger partial charge on any atom is 0.338 e. The summed E-state index contributed by atoms with van der Waals surface area (Å²) in [5, 5.41) is 11.2. The van der Waals surface area contributed by atoms with Crippen LogP contribution in [-0.4, -0.2) is 47.6 Å². The Morgan fingerprint density at radius 3 is 2.67 bits per heavy atom. The average Bonchev–Trinajstić information content (AvgIpc) is 2.97. The van der Waals surface area contributed by atoms with E-state index in [1.165, 1.54) is 12.1 Å². The number of hydrogen-bond donors (Lipinski definition) is 1. The lowest BCUT2D eigenvalue weighted by Gasteiger charge is -2.29. The molecule has 1 aromatic carbocycles. The zero-order valence-electron chi connectivity index (χ0n) is 13.2. The molecule has 0 saturated carbocycles. The maximum absolute atomic E-state index is 12.0. The largest absolute Gasteiger partial charge is 0.459 e. The highest BCUT2D eigenvalue weighted by Gasteiger charge is 2.63. The van der Waals surface area contributed by atoms with E-state index in [2.05, 4.69) is 5.92 Å². The van der Waals surface area contributed by atoms with Gasteiger partial charge >= 0.3 is 5.97 Å². The maximum atomic E-state index is 12.0. The molecule has 128 valence electrons. The lowest BCUT2D eigenvalue weighted by Crippen LogP contribution is -2.49. The van der Waals surface area contributed by atoms with Crippen LogP contribution in [0.25, 0.3) is 0 Å². The van der Waals surface area contributed by atoms with Gasteiger partial charge in [-0.25, -0.2) is 4.79 Å². The zero-order valence-corrected chi connectivity index (χ0v) is 13.9. The molecule has 7 heteroatoms. The van der Waals surface area contributed by atoms with Gasteiger partial charge in [-0.05, 0) is 38.1 Å². The molecule has 1 aromatic rings. The third kappa shape index (κ3) is 3.02. The van der Waals surface area contributed by atoms with E-state index in [0.29, 0.717) is 10.6 Å². The Labute approximate surface area is 144 Å². The van der Waals surface area contributed by atoms with Crippen LogP contribution in [0.4, 0.5) is 0 Å². The summed E-state index contributed by atoms with van der Waals surface area (Å²) in [6.07, 6.45) is 2.84. The summed E-state index contributed by atoms with van der Waals surface area (Å²) in [4.78, 5) is 12.0. The fourth-order valence-corrected chi connectivity index (χ4v) is 2.86. The minimum Gasteiger partial charge on any atom is -0.459 e. The molecule has 0 aromatic heterocycles. The number of carbonyl (C=O) groups is 1. The van der Waals surface area contributed by atoms with E-state index >= 15 is 0 Å². The number of rotatable bonds is 3. The normalized spacial score (nSPS) is 33.7. The molecule has 2 aliphatic heterocycles. The molecule has 0 bridgehead atoms. The topological polar surface area (TPSA) is 74.2 Å². The van der Waals surface area contributed by atoms with E-state index in [4.69, 9.17) is 37.0 Å². The molecule has 3 rings (SSSR count). The standard InChI is InChI=1S/C17H17ClO6/c1-4-17(20)12(22-15-13(17)23-16(2,3)24-15)9-21-14(19)10-5-7-11(18)8-6-10/h1,5-8,12-13,15,20H,9H2,2-3H3/t12-,13-,15-,17-/m0/s1. The molecule has 1 N–H and O–H groups in total. The van der Waals surface area contributed by atoms with Crippen LogP contribution in [-0.2, 0) is 18.9 Å². The first-order valence-corrected chi connectivity index (χ1v) is 7.77. The van der Waals surface area contributed by atoms with Gasteiger partial charge in [-0.15, -0.1) is 6.42 Å². The van der Waals surface area contributed by atoms with Crippen LogP contribution < -0.4 is 0 Å². The van der Waals surface area contributed by atoms with Crippen molar-refractivity contribution in [3.05, 3.63) is 34.9 Å². The molecule has 0 radical (unpaired) electrons. The van der Waals surface area contributed by atoms with Crippen LogP contribution in [0.5, 0.6) is 0 Å². The summed E-state index contributed by atoms with van der Waals surface area (Å²) in [5.41, 5.74) is -1.42. The van der Waals surface area contributed by atoms with Crippen LogP contribution in [0.2, 0.25) is 5.02 Å². The molecule has 2 saturated heterocycles. The molecule has 6 nitrogen and oxygen atoms in total. The van der Waals surface area contributed by atoms with Gasteiger partial charge in [0.1, 0.15) is 12.7 Å². The average molecular weight is 353 g/mol.